The molecule has 1 amide bonds. The molecule has 158 valence electrons. The summed E-state index contributed by atoms with van der Waals surface area (Å²) < 4.78 is 37.7. The Morgan fingerprint density at radius 3 is 2.53 bits per heavy atom. The normalized spacial score (nSPS) is 15.4. The van der Waals surface area contributed by atoms with Crippen LogP contribution in [0.25, 0.3) is 11.0 Å². The fourth-order valence-corrected chi connectivity index (χ4v) is 4.97. The standard InChI is InChI=1S/C21H21ClN2O5S/c1-14-18-12-16(22)4-7-19(18)29-20(14)21(25)23-13-15-2-5-17(6-3-15)30(26,27)24-8-10-28-11-9-24/h2-7,12H,8-11,13H2,1H3,(H,23,25). The Morgan fingerprint density at radius 2 is 1.83 bits per heavy atom. The van der Waals surface area contributed by atoms with Gasteiger partial charge in [-0.2, -0.15) is 4.31 Å². The Kier molecular flexibility index (Phi) is 5.84. The molecule has 9 heteroatoms. The number of rotatable bonds is 5. The van der Waals surface area contributed by atoms with Gasteiger partial charge < -0.3 is 14.5 Å². The molecule has 1 fully saturated rings. The van der Waals surface area contributed by atoms with Crippen LogP contribution < -0.4 is 5.32 Å². The molecule has 3 aromatic rings. The maximum Gasteiger partial charge on any atom is 0.287 e. The fourth-order valence-electron chi connectivity index (χ4n) is 3.39. The average molecular weight is 449 g/mol. The number of benzene rings is 2. The number of hydrogen-bond donors (Lipinski definition) is 1. The summed E-state index contributed by atoms with van der Waals surface area (Å²) in [7, 11) is -3.54. The van der Waals surface area contributed by atoms with Crippen LogP contribution in [0.4, 0.5) is 0 Å². The third-order valence-corrected chi connectivity index (χ3v) is 7.24. The molecule has 0 bridgehead atoms. The quantitative estimate of drug-likeness (QED) is 0.646. The van der Waals surface area contributed by atoms with Gasteiger partial charge in [0, 0.05) is 35.6 Å². The van der Waals surface area contributed by atoms with E-state index in [4.69, 9.17) is 20.8 Å². The first kappa shape index (κ1) is 20.9. The highest BCUT2D eigenvalue weighted by molar-refractivity contribution is 7.89. The SMILES string of the molecule is Cc1c(C(=O)NCc2ccc(S(=O)(=O)N3CCOCC3)cc2)oc2ccc(Cl)cc12. The molecule has 0 saturated carbocycles. The monoisotopic (exact) mass is 448 g/mol. The number of sulfonamides is 1. The van der Waals surface area contributed by atoms with Gasteiger partial charge in [-0.3, -0.25) is 4.79 Å². The fraction of sp³-hybridized carbons (Fsp3) is 0.286. The summed E-state index contributed by atoms with van der Waals surface area (Å²) in [6, 6.07) is 11.7. The second kappa shape index (κ2) is 8.39. The smallest absolute Gasteiger partial charge is 0.287 e. The first-order valence-electron chi connectivity index (χ1n) is 9.50. The number of halogens is 1. The molecular weight excluding hydrogens is 428 g/mol. The number of carbonyl (C=O) groups is 1. The van der Waals surface area contributed by atoms with E-state index in [0.717, 1.165) is 16.5 Å². The molecule has 0 aliphatic carbocycles. The van der Waals surface area contributed by atoms with Gasteiger partial charge in [0.1, 0.15) is 5.58 Å². The Bertz CT molecular complexity index is 1180. The van der Waals surface area contributed by atoms with Crippen molar-refractivity contribution in [3.8, 4) is 0 Å². The van der Waals surface area contributed by atoms with E-state index in [-0.39, 0.29) is 23.1 Å². The van der Waals surface area contributed by atoms with Crippen LogP contribution in [0, 0.1) is 6.92 Å². The van der Waals surface area contributed by atoms with Gasteiger partial charge in [-0.25, -0.2) is 8.42 Å². The van der Waals surface area contributed by atoms with Crippen LogP contribution in [-0.4, -0.2) is 44.9 Å². The van der Waals surface area contributed by atoms with E-state index in [0.29, 0.717) is 36.9 Å². The van der Waals surface area contributed by atoms with Gasteiger partial charge in [0.05, 0.1) is 18.1 Å². The minimum Gasteiger partial charge on any atom is -0.451 e. The second-order valence-corrected chi connectivity index (χ2v) is 9.41. The molecule has 1 aliphatic heterocycles. The van der Waals surface area contributed by atoms with Crippen molar-refractivity contribution < 1.29 is 22.4 Å². The molecule has 1 aromatic heterocycles. The third kappa shape index (κ3) is 4.09. The van der Waals surface area contributed by atoms with Crippen LogP contribution in [0.3, 0.4) is 0 Å². The minimum atomic E-state index is -3.54. The van der Waals surface area contributed by atoms with Crippen molar-refractivity contribution in [3.05, 3.63) is 64.4 Å². The molecule has 0 atom stereocenters. The Hall–Kier alpha value is -2.39. The molecular formula is C21H21ClN2O5S. The summed E-state index contributed by atoms with van der Waals surface area (Å²) in [6.07, 6.45) is 0. The highest BCUT2D eigenvalue weighted by Crippen LogP contribution is 2.28. The van der Waals surface area contributed by atoms with Crippen molar-refractivity contribution in [1.29, 1.82) is 0 Å². The number of nitrogens with one attached hydrogen (secondary N) is 1. The number of fused-ring (bicyclic) bond motifs is 1. The maximum atomic E-state index is 12.7. The first-order chi connectivity index (χ1) is 14.4. The van der Waals surface area contributed by atoms with Crippen LogP contribution in [0.15, 0.2) is 51.8 Å². The number of hydrogen-bond acceptors (Lipinski definition) is 5. The van der Waals surface area contributed by atoms with Gasteiger partial charge in [0.15, 0.2) is 5.76 Å². The average Bonchev–Trinajstić information content (AvgIpc) is 3.09. The Balaban J connectivity index is 1.44. The zero-order chi connectivity index (χ0) is 21.3. The molecule has 0 unspecified atom stereocenters. The number of aryl methyl sites for hydroxylation is 1. The van der Waals surface area contributed by atoms with Crippen molar-refractivity contribution in [3.63, 3.8) is 0 Å². The number of furan rings is 1. The number of nitrogens with zero attached hydrogens (tertiary/aromatic N) is 1. The topological polar surface area (TPSA) is 88.9 Å². The predicted molar refractivity (Wildman–Crippen MR) is 113 cm³/mol. The zero-order valence-electron chi connectivity index (χ0n) is 16.4. The number of morpholine rings is 1. The van der Waals surface area contributed by atoms with Gasteiger partial charge in [0.25, 0.3) is 5.91 Å². The van der Waals surface area contributed by atoms with Gasteiger partial charge >= 0.3 is 0 Å². The lowest BCUT2D eigenvalue weighted by Crippen LogP contribution is -2.40. The highest BCUT2D eigenvalue weighted by Gasteiger charge is 2.26. The van der Waals surface area contributed by atoms with E-state index in [9.17, 15) is 13.2 Å². The number of amides is 1. The van der Waals surface area contributed by atoms with Crippen molar-refractivity contribution in [2.45, 2.75) is 18.4 Å². The Labute approximate surface area is 179 Å². The van der Waals surface area contributed by atoms with Crippen LogP contribution in [0.5, 0.6) is 0 Å². The summed E-state index contributed by atoms with van der Waals surface area (Å²) in [6.45, 7) is 3.55. The molecule has 1 N–H and O–H groups in total. The van der Waals surface area contributed by atoms with Crippen LogP contribution in [-0.2, 0) is 21.3 Å². The largest absolute Gasteiger partial charge is 0.451 e. The van der Waals surface area contributed by atoms with Crippen LogP contribution in [0.1, 0.15) is 21.7 Å². The van der Waals surface area contributed by atoms with Crippen LogP contribution in [0.2, 0.25) is 5.02 Å². The molecule has 2 aromatic carbocycles. The van der Waals surface area contributed by atoms with Gasteiger partial charge in [0.2, 0.25) is 10.0 Å². The lowest BCUT2D eigenvalue weighted by Gasteiger charge is -2.26. The molecule has 1 saturated heterocycles. The number of ether oxygens (including phenoxy) is 1. The summed E-state index contributed by atoms with van der Waals surface area (Å²) >= 11 is 6.02. The highest BCUT2D eigenvalue weighted by atomic mass is 35.5. The summed E-state index contributed by atoms with van der Waals surface area (Å²) in [5.74, 6) is -0.108. The molecule has 0 radical (unpaired) electrons. The van der Waals surface area contributed by atoms with Gasteiger partial charge in [-0.05, 0) is 42.8 Å². The molecule has 2 heterocycles. The second-order valence-electron chi connectivity index (χ2n) is 7.04. The van der Waals surface area contributed by atoms with Gasteiger partial charge in [-0.1, -0.05) is 23.7 Å². The number of carbonyl (C=O) groups excluding carboxylic acids is 1. The van der Waals surface area contributed by atoms with E-state index < -0.39 is 10.0 Å². The Morgan fingerprint density at radius 1 is 1.13 bits per heavy atom. The predicted octanol–water partition coefficient (Wildman–Crippen LogP) is 3.35. The van der Waals surface area contributed by atoms with Gasteiger partial charge in [-0.15, -0.1) is 0 Å². The van der Waals surface area contributed by atoms with E-state index in [1.165, 1.54) is 4.31 Å². The van der Waals surface area contributed by atoms with E-state index in [2.05, 4.69) is 5.32 Å². The summed E-state index contributed by atoms with van der Waals surface area (Å²) in [5, 5.41) is 4.18. The van der Waals surface area contributed by atoms with E-state index in [1.807, 2.05) is 6.92 Å². The third-order valence-electron chi connectivity index (χ3n) is 5.09. The lowest BCUT2D eigenvalue weighted by atomic mass is 10.1. The maximum absolute atomic E-state index is 12.7. The molecule has 30 heavy (non-hydrogen) atoms. The summed E-state index contributed by atoms with van der Waals surface area (Å²) in [4.78, 5) is 12.8. The van der Waals surface area contributed by atoms with Crippen molar-refractivity contribution in [1.82, 2.24) is 9.62 Å². The lowest BCUT2D eigenvalue weighted by molar-refractivity contribution is 0.0730. The van der Waals surface area contributed by atoms with Crippen molar-refractivity contribution >= 4 is 38.5 Å². The minimum absolute atomic E-state index is 0.226. The first-order valence-corrected chi connectivity index (χ1v) is 11.3. The summed E-state index contributed by atoms with van der Waals surface area (Å²) in [5.41, 5.74) is 2.10. The zero-order valence-corrected chi connectivity index (χ0v) is 17.9. The van der Waals surface area contributed by atoms with Crippen molar-refractivity contribution in [2.24, 2.45) is 0 Å². The van der Waals surface area contributed by atoms with E-state index in [1.54, 1.807) is 42.5 Å². The van der Waals surface area contributed by atoms with Crippen molar-refractivity contribution in [2.75, 3.05) is 26.3 Å². The molecule has 1 aliphatic rings. The molecule has 0 spiro atoms. The molecule has 4 rings (SSSR count). The van der Waals surface area contributed by atoms with Crippen LogP contribution >= 0.6 is 11.6 Å². The molecule has 7 nitrogen and oxygen atoms in total. The van der Waals surface area contributed by atoms with E-state index >= 15 is 0 Å².